The van der Waals surface area contributed by atoms with Crippen molar-refractivity contribution >= 4 is 17.0 Å². The molecule has 1 aromatic heterocycles. The van der Waals surface area contributed by atoms with Gasteiger partial charge in [0.2, 0.25) is 0 Å². The maximum Gasteiger partial charge on any atom is 0.420 e. The molecule has 3 heteroatoms. The van der Waals surface area contributed by atoms with Crippen LogP contribution in [0.5, 0.6) is 0 Å². The molecule has 0 radical (unpaired) electrons. The van der Waals surface area contributed by atoms with Crippen LogP contribution >= 0.6 is 0 Å². The van der Waals surface area contributed by atoms with E-state index < -0.39 is 11.7 Å². The molecular weight excluding hydrogens is 298 g/mol. The average molecular weight is 317 g/mol. The molecule has 0 bridgehead atoms. The summed E-state index contributed by atoms with van der Waals surface area (Å²) in [6.07, 6.45) is 4.99. The number of hydrogen-bond acceptors (Lipinski definition) is 2. The molecule has 1 heterocycles. The highest BCUT2D eigenvalue weighted by atomic mass is 16.6. The molecule has 0 aliphatic heterocycles. The van der Waals surface area contributed by atoms with Crippen LogP contribution in [0.2, 0.25) is 0 Å². The van der Waals surface area contributed by atoms with Gasteiger partial charge in [-0.25, -0.2) is 9.36 Å². The fourth-order valence-electron chi connectivity index (χ4n) is 2.44. The van der Waals surface area contributed by atoms with Gasteiger partial charge in [-0.15, -0.1) is 6.42 Å². The highest BCUT2D eigenvalue weighted by Crippen LogP contribution is 2.32. The van der Waals surface area contributed by atoms with Crippen molar-refractivity contribution in [2.75, 3.05) is 0 Å². The van der Waals surface area contributed by atoms with Crippen LogP contribution in [-0.4, -0.2) is 16.3 Å². The van der Waals surface area contributed by atoms with Gasteiger partial charge in [0.15, 0.2) is 0 Å². The summed E-state index contributed by atoms with van der Waals surface area (Å²) in [4.78, 5) is 12.2. The first kappa shape index (κ1) is 15.9. The predicted molar refractivity (Wildman–Crippen MR) is 96.9 cm³/mol. The van der Waals surface area contributed by atoms with Gasteiger partial charge in [-0.2, -0.15) is 0 Å². The highest BCUT2D eigenvalue weighted by molar-refractivity contribution is 5.92. The fraction of sp³-hybridized carbons (Fsp3) is 0.190. The van der Waals surface area contributed by atoms with E-state index in [1.165, 1.54) is 15.7 Å². The lowest BCUT2D eigenvalue weighted by atomic mass is 10.2. The molecule has 2 aliphatic rings. The van der Waals surface area contributed by atoms with E-state index in [2.05, 4.69) is 30.2 Å². The molecule has 24 heavy (non-hydrogen) atoms. The topological polar surface area (TPSA) is 31.2 Å². The first-order valence-corrected chi connectivity index (χ1v) is 7.80. The van der Waals surface area contributed by atoms with Crippen LogP contribution in [0.15, 0.2) is 54.6 Å². The van der Waals surface area contributed by atoms with Crippen molar-refractivity contribution in [3.05, 3.63) is 60.3 Å². The summed E-state index contributed by atoms with van der Waals surface area (Å²) in [6, 6.07) is 17.8. The molecule has 0 unspecified atom stereocenters. The number of fused-ring (bicyclic) bond motifs is 2. The molecule has 0 atom stereocenters. The Bertz CT molecular complexity index is 935. The standard InChI is InChI=1S/C15H15NO2.C6H4/c1-5-12-10-11-8-6-7-9-13(11)16(12)14(17)18-15(2,3)4;1-2-5-4-6(5)3-1/h1,6-10H,2-4H3;1-4H. The van der Waals surface area contributed by atoms with Crippen molar-refractivity contribution in [1.82, 2.24) is 4.57 Å². The number of aromatic nitrogens is 1. The van der Waals surface area contributed by atoms with E-state index in [-0.39, 0.29) is 0 Å². The van der Waals surface area contributed by atoms with E-state index in [9.17, 15) is 4.79 Å². The Morgan fingerprint density at radius 3 is 2.21 bits per heavy atom. The lowest BCUT2D eigenvalue weighted by molar-refractivity contribution is 0.0543. The number of hydrogen-bond donors (Lipinski definition) is 0. The maximum absolute atomic E-state index is 12.2. The Morgan fingerprint density at radius 1 is 1.04 bits per heavy atom. The van der Waals surface area contributed by atoms with Crippen LogP contribution in [0.4, 0.5) is 4.79 Å². The number of para-hydroxylation sites is 1. The molecule has 0 spiro atoms. The number of carbonyl (C=O) groups is 1. The molecule has 0 N–H and O–H groups in total. The predicted octanol–water partition coefficient (Wildman–Crippen LogP) is 5.07. The fourth-order valence-corrected chi connectivity index (χ4v) is 2.44. The summed E-state index contributed by atoms with van der Waals surface area (Å²) in [7, 11) is 0. The average Bonchev–Trinajstić information content (AvgIpc) is 2.96. The number of terminal acetylenes is 1. The third-order valence-corrected chi connectivity index (χ3v) is 3.55. The smallest absolute Gasteiger partial charge is 0.420 e. The molecule has 2 aliphatic carbocycles. The monoisotopic (exact) mass is 317 g/mol. The first-order chi connectivity index (χ1) is 11.4. The zero-order valence-corrected chi connectivity index (χ0v) is 14.0. The van der Waals surface area contributed by atoms with Gasteiger partial charge in [0, 0.05) is 5.39 Å². The molecule has 0 amide bonds. The Labute approximate surface area is 141 Å². The van der Waals surface area contributed by atoms with Gasteiger partial charge in [0.05, 0.1) is 5.52 Å². The number of nitrogens with zero attached hydrogens (tertiary/aromatic N) is 1. The lowest BCUT2D eigenvalue weighted by Crippen LogP contribution is -2.27. The quantitative estimate of drug-likeness (QED) is 0.424. The number of ether oxygens (including phenoxy) is 1. The number of carbonyl (C=O) groups excluding carboxylic acids is 1. The minimum absolute atomic E-state index is 0.448. The maximum atomic E-state index is 12.2. The van der Waals surface area contributed by atoms with Crippen molar-refractivity contribution < 1.29 is 9.53 Å². The minimum Gasteiger partial charge on any atom is -0.443 e. The second-order valence-corrected chi connectivity index (χ2v) is 6.63. The van der Waals surface area contributed by atoms with Crippen LogP contribution in [-0.2, 0) is 4.74 Å². The van der Waals surface area contributed by atoms with Gasteiger partial charge in [-0.3, -0.25) is 0 Å². The second-order valence-electron chi connectivity index (χ2n) is 6.63. The highest BCUT2D eigenvalue weighted by Gasteiger charge is 2.21. The summed E-state index contributed by atoms with van der Waals surface area (Å²) in [5.74, 6) is 2.51. The summed E-state index contributed by atoms with van der Waals surface area (Å²) in [6.45, 7) is 5.48. The molecule has 1 aromatic carbocycles. The first-order valence-electron chi connectivity index (χ1n) is 7.80. The molecule has 2 aromatic rings. The van der Waals surface area contributed by atoms with Gasteiger partial charge in [-0.05, 0) is 50.1 Å². The third kappa shape index (κ3) is 3.33. The van der Waals surface area contributed by atoms with E-state index in [0.29, 0.717) is 5.69 Å². The van der Waals surface area contributed by atoms with E-state index in [1.807, 2.05) is 45.0 Å². The van der Waals surface area contributed by atoms with Crippen LogP contribution in [0.3, 0.4) is 0 Å². The van der Waals surface area contributed by atoms with Crippen molar-refractivity contribution in [2.24, 2.45) is 0 Å². The van der Waals surface area contributed by atoms with Gasteiger partial charge >= 0.3 is 6.09 Å². The largest absolute Gasteiger partial charge is 0.443 e. The summed E-state index contributed by atoms with van der Waals surface area (Å²) in [5.41, 5.74) is 3.57. The summed E-state index contributed by atoms with van der Waals surface area (Å²) >= 11 is 0. The SMILES string of the molecule is C#Cc1cc2ccccc2n1C(=O)OC(C)(C)C.c1cc2cc-2c1. The van der Waals surface area contributed by atoms with Crippen LogP contribution in [0.25, 0.3) is 22.0 Å². The zero-order valence-electron chi connectivity index (χ0n) is 14.0. The Hall–Kier alpha value is -2.99. The van der Waals surface area contributed by atoms with Crippen LogP contribution in [0.1, 0.15) is 26.5 Å². The molecule has 120 valence electrons. The molecule has 4 rings (SSSR count). The Morgan fingerprint density at radius 2 is 1.71 bits per heavy atom. The van der Waals surface area contributed by atoms with E-state index in [0.717, 1.165) is 10.9 Å². The Balaban J connectivity index is 0.000000231. The normalized spacial score (nSPS) is 11.2. The molecule has 0 saturated heterocycles. The van der Waals surface area contributed by atoms with Gasteiger partial charge in [0.1, 0.15) is 11.3 Å². The third-order valence-electron chi connectivity index (χ3n) is 3.55. The van der Waals surface area contributed by atoms with Crippen LogP contribution < -0.4 is 0 Å². The van der Waals surface area contributed by atoms with Crippen molar-refractivity contribution in [3.8, 4) is 23.5 Å². The van der Waals surface area contributed by atoms with E-state index in [1.54, 1.807) is 6.07 Å². The molecule has 0 fully saturated rings. The van der Waals surface area contributed by atoms with E-state index in [4.69, 9.17) is 11.2 Å². The van der Waals surface area contributed by atoms with Gasteiger partial charge in [-0.1, -0.05) is 42.3 Å². The van der Waals surface area contributed by atoms with E-state index >= 15 is 0 Å². The zero-order chi connectivity index (χ0) is 17.3. The Kier molecular flexibility index (Phi) is 3.91. The lowest BCUT2D eigenvalue weighted by Gasteiger charge is -2.20. The molecule has 3 nitrogen and oxygen atoms in total. The number of rotatable bonds is 0. The number of benzene rings is 2. The summed E-state index contributed by atoms with van der Waals surface area (Å²) in [5, 5.41) is 0.927. The molecule has 0 saturated carbocycles. The van der Waals surface area contributed by atoms with Gasteiger partial charge in [0.25, 0.3) is 0 Å². The van der Waals surface area contributed by atoms with Crippen molar-refractivity contribution in [1.29, 1.82) is 0 Å². The second kappa shape index (κ2) is 5.90. The summed E-state index contributed by atoms with van der Waals surface area (Å²) < 4.78 is 6.79. The minimum atomic E-state index is -0.547. The molecular formula is C21H19NO2. The van der Waals surface area contributed by atoms with Crippen LogP contribution in [0, 0.1) is 12.3 Å². The van der Waals surface area contributed by atoms with Crippen molar-refractivity contribution in [2.45, 2.75) is 26.4 Å². The van der Waals surface area contributed by atoms with Gasteiger partial charge < -0.3 is 4.74 Å². The van der Waals surface area contributed by atoms with Crippen molar-refractivity contribution in [3.63, 3.8) is 0 Å².